The van der Waals surface area contributed by atoms with Gasteiger partial charge in [-0.25, -0.2) is 0 Å². The summed E-state index contributed by atoms with van der Waals surface area (Å²) < 4.78 is 158. The van der Waals surface area contributed by atoms with Gasteiger partial charge in [-0.1, -0.05) is 20.6 Å². The van der Waals surface area contributed by atoms with Crippen LogP contribution in [-0.2, 0) is 6.37 Å². The highest BCUT2D eigenvalue weighted by molar-refractivity contribution is 5.49. The van der Waals surface area contributed by atoms with Crippen molar-refractivity contribution in [3.8, 4) is 11.5 Å². The van der Waals surface area contributed by atoms with Crippen LogP contribution >= 0.6 is 0 Å². The smallest absolute Gasteiger partial charge is 0.161 e. The number of nitrogens with zero attached hydrogens (tertiary/aromatic N) is 1. The average molecular weight is 352 g/mol. The van der Waals surface area contributed by atoms with E-state index in [4.69, 9.17) is 32.8 Å². The van der Waals surface area contributed by atoms with E-state index in [-0.39, 0.29) is 0 Å². The molecule has 0 amide bonds. The van der Waals surface area contributed by atoms with Gasteiger partial charge in [-0.3, -0.25) is 4.90 Å². The molecule has 1 aromatic carbocycles. The SMILES string of the molecule is [2H]c1c(OC([2H])([2H])[2H])c(OC)c([2H])c2c1C1([2H])CC(O)C(C([2H])([2H])C(C)(C([2H])([2H])[2H])C([2H])([2H])[2H])CN1C([2H])([2H])C2([2H])[2H]. The summed E-state index contributed by atoms with van der Waals surface area (Å²) in [4.78, 5) is 0.445. The highest BCUT2D eigenvalue weighted by Crippen LogP contribution is 2.44. The summed E-state index contributed by atoms with van der Waals surface area (Å²) >= 11 is 0. The van der Waals surface area contributed by atoms with Crippen molar-refractivity contribution in [2.24, 2.45) is 11.3 Å². The summed E-state index contributed by atoms with van der Waals surface area (Å²) in [5.41, 5.74) is -4.73. The molecule has 3 rings (SSSR count). The van der Waals surface area contributed by atoms with E-state index in [9.17, 15) is 6.48 Å². The number of aliphatic hydroxyl groups excluding tert-OH is 1. The lowest BCUT2D eigenvalue weighted by atomic mass is 9.75. The number of benzene rings is 1. The van der Waals surface area contributed by atoms with Crippen LogP contribution in [0.4, 0.5) is 0 Å². The van der Waals surface area contributed by atoms with Crippen molar-refractivity contribution in [3.05, 3.63) is 23.2 Å². The van der Waals surface area contributed by atoms with E-state index < -0.39 is 111 Å². The Labute approximate surface area is 171 Å². The van der Waals surface area contributed by atoms with Crippen LogP contribution in [0.5, 0.6) is 11.5 Å². The minimum absolute atomic E-state index is 0.445. The van der Waals surface area contributed by atoms with Crippen LogP contribution in [0.15, 0.2) is 12.1 Å². The third-order valence-electron chi connectivity index (χ3n) is 3.89. The van der Waals surface area contributed by atoms with Crippen LogP contribution in [-0.4, -0.2) is 43.3 Å². The van der Waals surface area contributed by atoms with Gasteiger partial charge >= 0.3 is 0 Å². The Hall–Kier alpha value is -1.26. The molecule has 1 N–H and O–H groups in total. The lowest BCUT2D eigenvalue weighted by Gasteiger charge is -2.47. The second-order valence-corrected chi connectivity index (χ2v) is 5.91. The minimum atomic E-state index is -3.47. The Kier molecular flexibility index (Phi) is 1.61. The van der Waals surface area contributed by atoms with Gasteiger partial charge in [0, 0.05) is 35.5 Å². The third kappa shape index (κ3) is 3.40. The topological polar surface area (TPSA) is 41.9 Å². The van der Waals surface area contributed by atoms with Crippen LogP contribution in [0.1, 0.15) is 75.2 Å². The van der Waals surface area contributed by atoms with E-state index in [0.717, 1.165) is 7.11 Å². The van der Waals surface area contributed by atoms with E-state index >= 15 is 0 Å². The number of piperidine rings is 1. The van der Waals surface area contributed by atoms with Gasteiger partial charge in [-0.15, -0.1) is 0 Å². The molecule has 3 unspecified atom stereocenters. The Morgan fingerprint density at radius 1 is 1.50 bits per heavy atom. The average Bonchev–Trinajstić information content (AvgIpc) is 2.76. The lowest BCUT2D eigenvalue weighted by molar-refractivity contribution is -0.0259. The molecule has 2 aliphatic rings. The molecule has 4 nitrogen and oxygen atoms in total. The molecule has 0 spiro atoms. The zero-order chi connectivity index (χ0) is 33.0. The first-order valence-corrected chi connectivity index (χ1v) is 7.33. The van der Waals surface area contributed by atoms with Crippen molar-refractivity contribution in [2.75, 3.05) is 27.2 Å². The third-order valence-corrected chi connectivity index (χ3v) is 3.89. The molecular formula is C20H31NO3. The molecule has 0 aromatic heterocycles. The molecule has 1 aromatic rings. The molecular weight excluding hydrogens is 302 g/mol. The van der Waals surface area contributed by atoms with E-state index in [1.165, 1.54) is 0 Å². The first-order valence-electron chi connectivity index (χ1n) is 16.3. The second-order valence-electron chi connectivity index (χ2n) is 5.91. The van der Waals surface area contributed by atoms with Gasteiger partial charge in [-0.05, 0) is 53.7 Å². The number of rotatable bonds is 3. The first-order chi connectivity index (χ1) is 18.5. The second kappa shape index (κ2) is 6.57. The maximum atomic E-state index is 11.2. The van der Waals surface area contributed by atoms with Gasteiger partial charge in [0.1, 0.15) is 0 Å². The molecule has 3 atom stereocenters. The van der Waals surface area contributed by atoms with Crippen LogP contribution in [0, 0.1) is 11.3 Å². The summed E-state index contributed by atoms with van der Waals surface area (Å²) in [5.74, 6) is -3.60. The number of hydrogen-bond acceptors (Lipinski definition) is 4. The molecule has 1 fully saturated rings. The summed E-state index contributed by atoms with van der Waals surface area (Å²) in [6.45, 7) is -10.7. The summed E-state index contributed by atoms with van der Waals surface area (Å²) in [7, 11) is -2.23. The van der Waals surface area contributed by atoms with Gasteiger partial charge in [0.15, 0.2) is 11.5 Å². The summed E-state index contributed by atoms with van der Waals surface area (Å²) in [6.07, 6.45) is -9.62. The van der Waals surface area contributed by atoms with Crippen LogP contribution in [0.2, 0.25) is 0 Å². The quantitative estimate of drug-likeness (QED) is 0.906. The van der Waals surface area contributed by atoms with Crippen molar-refractivity contribution in [1.82, 2.24) is 4.90 Å². The zero-order valence-electron chi connectivity index (χ0n) is 31.3. The van der Waals surface area contributed by atoms with Gasteiger partial charge in [0.05, 0.1) is 28.5 Å². The number of aliphatic hydroxyl groups is 1. The van der Waals surface area contributed by atoms with Crippen LogP contribution < -0.4 is 9.47 Å². The van der Waals surface area contributed by atoms with Crippen molar-refractivity contribution in [3.63, 3.8) is 0 Å². The molecule has 1 saturated heterocycles. The van der Waals surface area contributed by atoms with E-state index in [0.29, 0.717) is 11.8 Å². The number of ether oxygens (including phenoxy) is 2. The van der Waals surface area contributed by atoms with Crippen LogP contribution in [0.25, 0.3) is 0 Å². The van der Waals surface area contributed by atoms with Crippen molar-refractivity contribution in [1.29, 1.82) is 0 Å². The predicted octanol–water partition coefficient (Wildman–Crippen LogP) is 3.42. The lowest BCUT2D eigenvalue weighted by Crippen LogP contribution is -2.48. The largest absolute Gasteiger partial charge is 0.493 e. The fourth-order valence-corrected chi connectivity index (χ4v) is 2.86. The van der Waals surface area contributed by atoms with Crippen molar-refractivity contribution in [2.45, 2.75) is 51.9 Å². The predicted molar refractivity (Wildman–Crippen MR) is 95.7 cm³/mol. The highest BCUT2D eigenvalue weighted by Gasteiger charge is 2.39. The Morgan fingerprint density at radius 2 is 2.29 bits per heavy atom. The van der Waals surface area contributed by atoms with Gasteiger partial charge < -0.3 is 14.6 Å². The normalized spacial score (nSPS) is 47.8. The minimum Gasteiger partial charge on any atom is -0.493 e. The Morgan fingerprint density at radius 3 is 3.00 bits per heavy atom. The monoisotopic (exact) mass is 351 g/mol. The fraction of sp³-hybridized carbons (Fsp3) is 0.700. The van der Waals surface area contributed by atoms with E-state index in [1.54, 1.807) is 0 Å². The summed E-state index contributed by atoms with van der Waals surface area (Å²) in [5, 5.41) is 11.2. The molecule has 2 heterocycles. The van der Waals surface area contributed by atoms with Crippen molar-refractivity contribution < 1.29 is 39.3 Å². The van der Waals surface area contributed by atoms with Gasteiger partial charge in [0.2, 0.25) is 0 Å². The Bertz CT molecular complexity index is 1220. The summed E-state index contributed by atoms with van der Waals surface area (Å²) in [6, 6.07) is -4.55. The standard InChI is InChI=1S/C20H31NO3/c1-20(2,3)11-14-12-21-7-6-13-8-18(23-4)19(24-5)9-15(13)16(21)10-17(14)22/h8-9,14,16-17,22H,6-7,10-12H2,1-5H3/i1D3,2D3,5D3,6D2,7D2,8D,9D,11D2,16D. The molecule has 4 heteroatoms. The number of methoxy groups -OCH3 is 2. The molecule has 0 bridgehead atoms. The molecule has 2 aliphatic heterocycles. The molecule has 24 heavy (non-hydrogen) atoms. The maximum absolute atomic E-state index is 11.2. The molecule has 0 radical (unpaired) electrons. The van der Waals surface area contributed by atoms with E-state index in [2.05, 4.69) is 0 Å². The van der Waals surface area contributed by atoms with Crippen LogP contribution in [0.3, 0.4) is 0 Å². The maximum Gasteiger partial charge on any atom is 0.161 e. The first kappa shape index (κ1) is 5.88. The van der Waals surface area contributed by atoms with Crippen molar-refractivity contribution >= 4 is 0 Å². The molecule has 0 aliphatic carbocycles. The van der Waals surface area contributed by atoms with Gasteiger partial charge in [-0.2, -0.15) is 0 Å². The Balaban J connectivity index is 2.37. The van der Waals surface area contributed by atoms with E-state index in [1.807, 2.05) is 0 Å². The highest BCUT2D eigenvalue weighted by atomic mass is 16.5. The molecule has 134 valence electrons. The number of fused-ring (bicyclic) bond motifs is 3. The zero-order valence-corrected chi connectivity index (χ0v) is 13.3. The molecule has 0 saturated carbocycles. The van der Waals surface area contributed by atoms with Gasteiger partial charge in [0.25, 0.3) is 0 Å². The number of hydrogen-bond donors (Lipinski definition) is 1. The fourth-order valence-electron chi connectivity index (χ4n) is 2.86.